The summed E-state index contributed by atoms with van der Waals surface area (Å²) in [5, 5.41) is 0. The number of rotatable bonds is 4. The molecule has 0 saturated carbocycles. The van der Waals surface area contributed by atoms with Gasteiger partial charge in [0.15, 0.2) is 0 Å². The zero-order chi connectivity index (χ0) is 13.8. The number of allylic oxidation sites excluding steroid dienone is 3. The van der Waals surface area contributed by atoms with Crippen LogP contribution in [-0.4, -0.2) is 11.6 Å². The van der Waals surface area contributed by atoms with Crippen LogP contribution in [0.3, 0.4) is 0 Å². The lowest BCUT2D eigenvalue weighted by Crippen LogP contribution is -2.24. The Morgan fingerprint density at radius 1 is 1.39 bits per heavy atom. The molecule has 0 aromatic carbocycles. The molecule has 0 spiro atoms. The molecule has 102 valence electrons. The summed E-state index contributed by atoms with van der Waals surface area (Å²) in [5.74, 6) is 0.519. The first-order valence-electron chi connectivity index (χ1n) is 6.87. The average molecular weight is 250 g/mol. The summed E-state index contributed by atoms with van der Waals surface area (Å²) in [7, 11) is 0. The van der Waals surface area contributed by atoms with Gasteiger partial charge >= 0.3 is 5.97 Å². The minimum absolute atomic E-state index is 0.120. The number of hydrogen-bond acceptors (Lipinski definition) is 2. The minimum atomic E-state index is -0.395. The normalized spacial score (nSPS) is 16.3. The SMILES string of the molecule is CC(C)CC1=C(CC(=O)OC(C)(C)C)C=CCC1. The quantitative estimate of drug-likeness (QED) is 0.691. The van der Waals surface area contributed by atoms with Crippen LogP contribution in [0.2, 0.25) is 0 Å². The third-order valence-electron chi connectivity index (χ3n) is 2.80. The van der Waals surface area contributed by atoms with E-state index in [0.717, 1.165) is 19.3 Å². The van der Waals surface area contributed by atoms with E-state index in [4.69, 9.17) is 4.74 Å². The summed E-state index contributed by atoms with van der Waals surface area (Å²) in [6.45, 7) is 10.2. The number of hydrogen-bond donors (Lipinski definition) is 0. The lowest BCUT2D eigenvalue weighted by atomic mass is 9.89. The first-order valence-corrected chi connectivity index (χ1v) is 6.87. The van der Waals surface area contributed by atoms with E-state index >= 15 is 0 Å². The summed E-state index contributed by atoms with van der Waals surface area (Å²) >= 11 is 0. The van der Waals surface area contributed by atoms with Gasteiger partial charge < -0.3 is 4.74 Å². The zero-order valence-electron chi connectivity index (χ0n) is 12.4. The molecule has 18 heavy (non-hydrogen) atoms. The molecule has 2 heteroatoms. The van der Waals surface area contributed by atoms with E-state index in [2.05, 4.69) is 26.0 Å². The largest absolute Gasteiger partial charge is 0.460 e. The third-order valence-corrected chi connectivity index (χ3v) is 2.80. The fourth-order valence-corrected chi connectivity index (χ4v) is 2.20. The monoisotopic (exact) mass is 250 g/mol. The molecule has 2 nitrogen and oxygen atoms in total. The van der Waals surface area contributed by atoms with E-state index in [0.29, 0.717) is 12.3 Å². The van der Waals surface area contributed by atoms with E-state index in [1.807, 2.05) is 20.8 Å². The predicted molar refractivity (Wildman–Crippen MR) is 75.3 cm³/mol. The molecular weight excluding hydrogens is 224 g/mol. The fraction of sp³-hybridized carbons (Fsp3) is 0.688. The van der Waals surface area contributed by atoms with Crippen LogP contribution in [0.15, 0.2) is 23.3 Å². The van der Waals surface area contributed by atoms with Gasteiger partial charge in [-0.05, 0) is 51.5 Å². The molecule has 0 aromatic rings. The van der Waals surface area contributed by atoms with E-state index < -0.39 is 5.60 Å². The maximum atomic E-state index is 11.9. The van der Waals surface area contributed by atoms with E-state index in [-0.39, 0.29) is 5.97 Å². The van der Waals surface area contributed by atoms with Crippen LogP contribution in [-0.2, 0) is 9.53 Å². The lowest BCUT2D eigenvalue weighted by molar-refractivity contribution is -0.153. The standard InChI is InChI=1S/C16H26O2/c1-12(2)10-13-8-6-7-9-14(13)11-15(17)18-16(3,4)5/h7,9,12H,6,8,10-11H2,1-5H3. The van der Waals surface area contributed by atoms with Gasteiger partial charge in [-0.2, -0.15) is 0 Å². The Morgan fingerprint density at radius 2 is 2.06 bits per heavy atom. The highest BCUT2D eigenvalue weighted by atomic mass is 16.6. The summed E-state index contributed by atoms with van der Waals surface area (Å²) in [4.78, 5) is 11.9. The van der Waals surface area contributed by atoms with E-state index in [1.54, 1.807) is 0 Å². The molecule has 1 aliphatic rings. The number of carbonyl (C=O) groups excluding carboxylic acids is 1. The van der Waals surface area contributed by atoms with Gasteiger partial charge in [0.05, 0.1) is 6.42 Å². The molecule has 0 aliphatic heterocycles. The van der Waals surface area contributed by atoms with Crippen molar-refractivity contribution in [3.8, 4) is 0 Å². The molecule has 0 bridgehead atoms. The second-order valence-corrected chi connectivity index (χ2v) is 6.43. The summed E-state index contributed by atoms with van der Waals surface area (Å²) in [6.07, 6.45) is 7.94. The van der Waals surface area contributed by atoms with Crippen LogP contribution in [0, 0.1) is 5.92 Å². The fourth-order valence-electron chi connectivity index (χ4n) is 2.20. The van der Waals surface area contributed by atoms with Crippen LogP contribution in [0.5, 0.6) is 0 Å². The van der Waals surface area contributed by atoms with Crippen LogP contribution in [0.4, 0.5) is 0 Å². The molecule has 0 unspecified atom stereocenters. The maximum Gasteiger partial charge on any atom is 0.310 e. The van der Waals surface area contributed by atoms with Crippen molar-refractivity contribution in [3.05, 3.63) is 23.3 Å². The Hall–Kier alpha value is -1.05. The first kappa shape index (κ1) is 15.0. The van der Waals surface area contributed by atoms with Gasteiger partial charge in [-0.1, -0.05) is 31.6 Å². The molecule has 0 N–H and O–H groups in total. The van der Waals surface area contributed by atoms with E-state index in [1.165, 1.54) is 11.1 Å². The molecule has 0 aromatic heterocycles. The van der Waals surface area contributed by atoms with Gasteiger partial charge in [0, 0.05) is 0 Å². The molecule has 0 fully saturated rings. The van der Waals surface area contributed by atoms with Crippen molar-refractivity contribution in [2.24, 2.45) is 5.92 Å². The van der Waals surface area contributed by atoms with Crippen molar-refractivity contribution in [2.45, 2.75) is 65.9 Å². The van der Waals surface area contributed by atoms with Gasteiger partial charge in [0.1, 0.15) is 5.60 Å². The van der Waals surface area contributed by atoms with Crippen LogP contribution < -0.4 is 0 Å². The van der Waals surface area contributed by atoms with Crippen molar-refractivity contribution in [1.82, 2.24) is 0 Å². The Morgan fingerprint density at radius 3 is 2.61 bits per heavy atom. The smallest absolute Gasteiger partial charge is 0.310 e. The number of esters is 1. The highest BCUT2D eigenvalue weighted by Crippen LogP contribution is 2.27. The van der Waals surface area contributed by atoms with Crippen molar-refractivity contribution >= 4 is 5.97 Å². The topological polar surface area (TPSA) is 26.3 Å². The Kier molecular flexibility index (Phi) is 5.18. The lowest BCUT2D eigenvalue weighted by Gasteiger charge is -2.22. The third kappa shape index (κ3) is 5.52. The first-order chi connectivity index (χ1) is 8.28. The molecular formula is C16H26O2. The Bertz CT molecular complexity index is 354. The van der Waals surface area contributed by atoms with Crippen LogP contribution in [0.1, 0.15) is 60.3 Å². The number of carbonyl (C=O) groups is 1. The van der Waals surface area contributed by atoms with Gasteiger partial charge in [-0.25, -0.2) is 0 Å². The molecule has 1 aliphatic carbocycles. The van der Waals surface area contributed by atoms with Crippen molar-refractivity contribution in [1.29, 1.82) is 0 Å². The molecule has 0 atom stereocenters. The molecule has 0 saturated heterocycles. The molecule has 1 rings (SSSR count). The number of ether oxygens (including phenoxy) is 1. The molecule has 0 radical (unpaired) electrons. The van der Waals surface area contributed by atoms with Crippen LogP contribution in [0.25, 0.3) is 0 Å². The highest BCUT2D eigenvalue weighted by molar-refractivity contribution is 5.74. The van der Waals surface area contributed by atoms with Crippen molar-refractivity contribution < 1.29 is 9.53 Å². The molecule has 0 heterocycles. The summed E-state index contributed by atoms with van der Waals surface area (Å²) < 4.78 is 5.39. The highest BCUT2D eigenvalue weighted by Gasteiger charge is 2.19. The van der Waals surface area contributed by atoms with Crippen molar-refractivity contribution in [2.75, 3.05) is 0 Å². The van der Waals surface area contributed by atoms with Gasteiger partial charge in [-0.3, -0.25) is 4.79 Å². The second kappa shape index (κ2) is 6.21. The Balaban J connectivity index is 2.69. The van der Waals surface area contributed by atoms with Crippen LogP contribution >= 0.6 is 0 Å². The maximum absolute atomic E-state index is 11.9. The van der Waals surface area contributed by atoms with E-state index in [9.17, 15) is 4.79 Å². The predicted octanol–water partition coefficient (Wildman–Crippen LogP) is 4.41. The minimum Gasteiger partial charge on any atom is -0.460 e. The van der Waals surface area contributed by atoms with Crippen molar-refractivity contribution in [3.63, 3.8) is 0 Å². The molecule has 0 amide bonds. The summed E-state index contributed by atoms with van der Waals surface area (Å²) in [6, 6.07) is 0. The van der Waals surface area contributed by atoms with Gasteiger partial charge in [0.2, 0.25) is 0 Å². The zero-order valence-corrected chi connectivity index (χ0v) is 12.4. The van der Waals surface area contributed by atoms with Gasteiger partial charge in [-0.15, -0.1) is 0 Å². The summed E-state index contributed by atoms with van der Waals surface area (Å²) in [5.41, 5.74) is 2.20. The Labute approximate surface area is 111 Å². The second-order valence-electron chi connectivity index (χ2n) is 6.43. The average Bonchev–Trinajstić information content (AvgIpc) is 2.17. The van der Waals surface area contributed by atoms with Gasteiger partial charge in [0.25, 0.3) is 0 Å².